The fourth-order valence-electron chi connectivity index (χ4n) is 1.40. The predicted molar refractivity (Wildman–Crippen MR) is 62.7 cm³/mol. The molecule has 1 aliphatic rings. The molecule has 0 bridgehead atoms. The Balaban J connectivity index is 2.22. The lowest BCUT2D eigenvalue weighted by atomic mass is 10.2. The molecular formula is C12H11NOS. The molecule has 2 rings (SSSR count). The van der Waals surface area contributed by atoms with E-state index in [-0.39, 0.29) is 6.61 Å². The first-order chi connectivity index (χ1) is 7.33. The number of thiol groups is 1. The van der Waals surface area contributed by atoms with Gasteiger partial charge in [-0.15, -0.1) is 0 Å². The van der Waals surface area contributed by atoms with Gasteiger partial charge in [0.2, 0.25) is 0 Å². The van der Waals surface area contributed by atoms with Crippen LogP contribution in [0.3, 0.4) is 0 Å². The van der Waals surface area contributed by atoms with Crippen molar-refractivity contribution in [3.05, 3.63) is 52.3 Å². The van der Waals surface area contributed by atoms with E-state index in [1.807, 2.05) is 30.3 Å². The molecule has 0 saturated carbocycles. The first kappa shape index (κ1) is 10.0. The van der Waals surface area contributed by atoms with Crippen LogP contribution in [-0.4, -0.2) is 11.7 Å². The summed E-state index contributed by atoms with van der Waals surface area (Å²) in [5.74, 6) is 0. The lowest BCUT2D eigenvalue weighted by Gasteiger charge is -2.09. The van der Waals surface area contributed by atoms with Crippen molar-refractivity contribution in [3.63, 3.8) is 0 Å². The molecule has 0 spiro atoms. The van der Waals surface area contributed by atoms with Gasteiger partial charge in [-0.25, -0.2) is 0 Å². The van der Waals surface area contributed by atoms with Crippen molar-refractivity contribution in [2.75, 3.05) is 6.61 Å². The third-order valence-corrected chi connectivity index (χ3v) is 4.21. The molecule has 0 amide bonds. The largest absolute Gasteiger partial charge is 0.392 e. The Hall–Kier alpha value is -1.50. The summed E-state index contributed by atoms with van der Waals surface area (Å²) in [6, 6.07) is 9.71. The summed E-state index contributed by atoms with van der Waals surface area (Å²) >= 11 is 0. The van der Waals surface area contributed by atoms with E-state index in [4.69, 9.17) is 10.4 Å². The second-order valence-electron chi connectivity index (χ2n) is 3.24. The van der Waals surface area contributed by atoms with E-state index in [0.717, 1.165) is 5.57 Å². The minimum Gasteiger partial charge on any atom is -0.392 e. The summed E-state index contributed by atoms with van der Waals surface area (Å²) in [7, 11) is -0.415. The van der Waals surface area contributed by atoms with Crippen molar-refractivity contribution in [1.29, 1.82) is 5.26 Å². The zero-order valence-electron chi connectivity index (χ0n) is 8.09. The molecule has 1 heterocycles. The van der Waals surface area contributed by atoms with Gasteiger partial charge in [0, 0.05) is 0 Å². The van der Waals surface area contributed by atoms with Gasteiger partial charge < -0.3 is 5.11 Å². The van der Waals surface area contributed by atoms with Crippen LogP contribution in [0.4, 0.5) is 0 Å². The van der Waals surface area contributed by atoms with E-state index in [2.05, 4.69) is 16.9 Å². The number of hydrogen-bond acceptors (Lipinski definition) is 2. The smallest absolute Gasteiger partial charge is 0.0991 e. The van der Waals surface area contributed by atoms with Gasteiger partial charge in [0.15, 0.2) is 0 Å². The number of nitrogens with zero attached hydrogens (tertiary/aromatic N) is 1. The molecule has 1 aliphatic heterocycles. The first-order valence-electron chi connectivity index (χ1n) is 4.62. The molecule has 0 radical (unpaired) electrons. The van der Waals surface area contributed by atoms with Crippen molar-refractivity contribution in [2.45, 2.75) is 4.90 Å². The second-order valence-corrected chi connectivity index (χ2v) is 5.13. The SMILES string of the molecule is N#Cc1ccc([SH]2C=CC(CO)=C2)cc1. The maximum Gasteiger partial charge on any atom is 0.0991 e. The third kappa shape index (κ3) is 2.12. The Morgan fingerprint density at radius 2 is 2.00 bits per heavy atom. The normalized spacial score (nSPS) is 21.1. The number of rotatable bonds is 2. The lowest BCUT2D eigenvalue weighted by Crippen LogP contribution is -1.81. The van der Waals surface area contributed by atoms with Gasteiger partial charge in [0.1, 0.15) is 0 Å². The number of hydrogen-bond donors (Lipinski definition) is 2. The van der Waals surface area contributed by atoms with E-state index in [1.54, 1.807) is 0 Å². The van der Waals surface area contributed by atoms with Gasteiger partial charge in [-0.1, -0.05) is 6.08 Å². The van der Waals surface area contributed by atoms with Crippen LogP contribution < -0.4 is 0 Å². The quantitative estimate of drug-likeness (QED) is 0.747. The van der Waals surface area contributed by atoms with Gasteiger partial charge in [-0.2, -0.15) is 16.2 Å². The van der Waals surface area contributed by atoms with Crippen LogP contribution in [0.5, 0.6) is 0 Å². The minimum atomic E-state index is -0.415. The molecule has 0 saturated heterocycles. The number of aliphatic hydroxyl groups excluding tert-OH is 1. The third-order valence-electron chi connectivity index (χ3n) is 2.23. The van der Waals surface area contributed by atoms with E-state index < -0.39 is 10.9 Å². The molecule has 1 aromatic rings. The summed E-state index contributed by atoms with van der Waals surface area (Å²) < 4.78 is 0. The molecule has 0 aliphatic carbocycles. The van der Waals surface area contributed by atoms with E-state index in [0.29, 0.717) is 5.56 Å². The number of nitriles is 1. The molecule has 1 aromatic carbocycles. The second kappa shape index (κ2) is 4.35. The molecule has 0 aromatic heterocycles. The van der Waals surface area contributed by atoms with Crippen LogP contribution in [0, 0.1) is 11.3 Å². The van der Waals surface area contributed by atoms with Crippen LogP contribution in [0.2, 0.25) is 0 Å². The molecule has 76 valence electrons. The Labute approximate surface area is 91.5 Å². The summed E-state index contributed by atoms with van der Waals surface area (Å²) in [4.78, 5) is 1.21. The summed E-state index contributed by atoms with van der Waals surface area (Å²) in [6.45, 7) is 0.103. The molecule has 15 heavy (non-hydrogen) atoms. The highest BCUT2D eigenvalue weighted by Gasteiger charge is 2.07. The van der Waals surface area contributed by atoms with Gasteiger partial charge >= 0.3 is 0 Å². The zero-order chi connectivity index (χ0) is 10.7. The maximum absolute atomic E-state index is 8.96. The van der Waals surface area contributed by atoms with Crippen LogP contribution >= 0.6 is 10.9 Å². The number of aliphatic hydroxyl groups is 1. The fourth-order valence-corrected chi connectivity index (χ4v) is 3.18. The zero-order valence-corrected chi connectivity index (χ0v) is 8.98. The van der Waals surface area contributed by atoms with Gasteiger partial charge in [-0.05, 0) is 45.6 Å². The van der Waals surface area contributed by atoms with Crippen molar-refractivity contribution < 1.29 is 5.11 Å². The van der Waals surface area contributed by atoms with E-state index in [1.165, 1.54) is 4.90 Å². The lowest BCUT2D eigenvalue weighted by molar-refractivity contribution is 0.335. The van der Waals surface area contributed by atoms with Crippen molar-refractivity contribution in [1.82, 2.24) is 0 Å². The molecule has 1 unspecified atom stereocenters. The van der Waals surface area contributed by atoms with Gasteiger partial charge in [0.25, 0.3) is 0 Å². The average Bonchev–Trinajstić information content (AvgIpc) is 2.78. The van der Waals surface area contributed by atoms with Crippen molar-refractivity contribution in [2.24, 2.45) is 0 Å². The topological polar surface area (TPSA) is 44.0 Å². The molecule has 1 atom stereocenters. The Kier molecular flexibility index (Phi) is 2.91. The van der Waals surface area contributed by atoms with Crippen LogP contribution in [-0.2, 0) is 0 Å². The monoisotopic (exact) mass is 217 g/mol. The van der Waals surface area contributed by atoms with E-state index >= 15 is 0 Å². The Morgan fingerprint density at radius 1 is 1.27 bits per heavy atom. The van der Waals surface area contributed by atoms with Crippen LogP contribution in [0.15, 0.2) is 51.6 Å². The molecule has 3 heteroatoms. The summed E-state index contributed by atoms with van der Waals surface area (Å²) in [5.41, 5.74) is 1.66. The average molecular weight is 217 g/mol. The molecular weight excluding hydrogens is 206 g/mol. The highest BCUT2D eigenvalue weighted by atomic mass is 32.2. The summed E-state index contributed by atoms with van der Waals surface area (Å²) in [5, 5.41) is 21.8. The molecule has 2 nitrogen and oxygen atoms in total. The van der Waals surface area contributed by atoms with Gasteiger partial charge in [0.05, 0.1) is 18.2 Å². The first-order valence-corrected chi connectivity index (χ1v) is 6.10. The summed E-state index contributed by atoms with van der Waals surface area (Å²) in [6.07, 6.45) is 1.96. The highest BCUT2D eigenvalue weighted by molar-refractivity contribution is 8.22. The van der Waals surface area contributed by atoms with E-state index in [9.17, 15) is 0 Å². The Morgan fingerprint density at radius 3 is 2.53 bits per heavy atom. The predicted octanol–water partition coefficient (Wildman–Crippen LogP) is 2.32. The van der Waals surface area contributed by atoms with Crippen LogP contribution in [0.25, 0.3) is 0 Å². The van der Waals surface area contributed by atoms with Crippen molar-refractivity contribution in [3.8, 4) is 6.07 Å². The fraction of sp³-hybridized carbons (Fsp3) is 0.0833. The number of benzene rings is 1. The molecule has 0 fully saturated rings. The van der Waals surface area contributed by atoms with Gasteiger partial charge in [-0.3, -0.25) is 0 Å². The minimum absolute atomic E-state index is 0.103. The van der Waals surface area contributed by atoms with Crippen molar-refractivity contribution >= 4 is 10.9 Å². The van der Waals surface area contributed by atoms with Crippen LogP contribution in [0.1, 0.15) is 5.56 Å². The molecule has 1 N–H and O–H groups in total. The standard InChI is InChI=1S/C12H11NOS/c13-7-10-1-3-12(4-2-10)15-6-5-11(8-14)9-15/h1-6,9,14-15H,8H2. The highest BCUT2D eigenvalue weighted by Crippen LogP contribution is 2.43. The maximum atomic E-state index is 8.96. The Bertz CT molecular complexity index is 454.